The summed E-state index contributed by atoms with van der Waals surface area (Å²) >= 11 is 0. The van der Waals surface area contributed by atoms with Crippen LogP contribution in [0.2, 0.25) is 0 Å². The fourth-order valence-corrected chi connectivity index (χ4v) is 3.11. The molecule has 4 rings (SSSR count). The number of hydrogen-bond acceptors (Lipinski definition) is 6. The van der Waals surface area contributed by atoms with Gasteiger partial charge in [0.1, 0.15) is 28.3 Å². The van der Waals surface area contributed by atoms with Crippen molar-refractivity contribution in [2.45, 2.75) is 32.9 Å². The summed E-state index contributed by atoms with van der Waals surface area (Å²) in [5.41, 5.74) is 0.935. The zero-order valence-electron chi connectivity index (χ0n) is 16.5. The molecule has 0 saturated heterocycles. The van der Waals surface area contributed by atoms with E-state index in [0.717, 1.165) is 6.07 Å². The average Bonchev–Trinajstić information content (AvgIpc) is 3.30. The number of nitrogens with one attached hydrogen (secondary N) is 1. The van der Waals surface area contributed by atoms with Crippen molar-refractivity contribution < 1.29 is 23.1 Å². The summed E-state index contributed by atoms with van der Waals surface area (Å²) in [5, 5.41) is 7.31. The number of carbonyl (C=O) groups excluding carboxylic acids is 2. The molecule has 30 heavy (non-hydrogen) atoms. The SMILES string of the molecule is CC(C)OC(=O)c1cc(F)cc2cc(C(C)NC(=O)c3cnn4cccnc34)oc12. The molecule has 1 amide bonds. The first-order valence-electron chi connectivity index (χ1n) is 9.36. The fraction of sp³-hybridized carbons (Fsp3) is 0.238. The highest BCUT2D eigenvalue weighted by Crippen LogP contribution is 2.29. The van der Waals surface area contributed by atoms with Gasteiger partial charge in [0, 0.05) is 17.8 Å². The highest BCUT2D eigenvalue weighted by molar-refractivity contribution is 6.02. The second-order valence-electron chi connectivity index (χ2n) is 7.12. The number of hydrogen-bond donors (Lipinski definition) is 1. The maximum Gasteiger partial charge on any atom is 0.342 e. The predicted octanol–water partition coefficient (Wildman–Crippen LogP) is 3.67. The van der Waals surface area contributed by atoms with E-state index in [2.05, 4.69) is 15.4 Å². The van der Waals surface area contributed by atoms with E-state index in [9.17, 15) is 14.0 Å². The number of ether oxygens (including phenoxy) is 1. The Labute approximate surface area is 170 Å². The van der Waals surface area contributed by atoms with Gasteiger partial charge in [-0.15, -0.1) is 0 Å². The number of esters is 1. The summed E-state index contributed by atoms with van der Waals surface area (Å²) in [6.45, 7) is 5.13. The molecule has 0 aliphatic carbocycles. The normalized spacial score (nSPS) is 12.4. The fourth-order valence-electron chi connectivity index (χ4n) is 3.11. The number of benzene rings is 1. The third-order valence-corrected chi connectivity index (χ3v) is 4.46. The second-order valence-corrected chi connectivity index (χ2v) is 7.12. The van der Waals surface area contributed by atoms with Gasteiger partial charge in [-0.2, -0.15) is 5.10 Å². The summed E-state index contributed by atoms with van der Waals surface area (Å²) in [7, 11) is 0. The molecule has 0 aliphatic heterocycles. The number of nitrogens with zero attached hydrogens (tertiary/aromatic N) is 3. The van der Waals surface area contributed by atoms with Crippen LogP contribution in [0.1, 0.15) is 53.3 Å². The summed E-state index contributed by atoms with van der Waals surface area (Å²) in [5.74, 6) is -1.28. The van der Waals surface area contributed by atoms with Gasteiger partial charge in [-0.3, -0.25) is 4.79 Å². The first-order chi connectivity index (χ1) is 14.3. The van der Waals surface area contributed by atoms with Gasteiger partial charge >= 0.3 is 5.97 Å². The lowest BCUT2D eigenvalue weighted by Crippen LogP contribution is -2.26. The summed E-state index contributed by atoms with van der Waals surface area (Å²) in [4.78, 5) is 29.2. The molecule has 0 spiro atoms. The van der Waals surface area contributed by atoms with Crippen LogP contribution in [0.4, 0.5) is 4.39 Å². The molecule has 0 saturated carbocycles. The molecule has 0 fully saturated rings. The van der Waals surface area contributed by atoms with Crippen molar-refractivity contribution in [3.05, 3.63) is 65.6 Å². The van der Waals surface area contributed by atoms with Gasteiger partial charge in [-0.1, -0.05) is 0 Å². The van der Waals surface area contributed by atoms with Gasteiger partial charge in [0.2, 0.25) is 0 Å². The number of fused-ring (bicyclic) bond motifs is 2. The molecule has 1 unspecified atom stereocenters. The summed E-state index contributed by atoms with van der Waals surface area (Å²) in [6.07, 6.45) is 4.33. The maximum absolute atomic E-state index is 14.0. The Hall–Kier alpha value is -3.75. The lowest BCUT2D eigenvalue weighted by Gasteiger charge is -2.10. The average molecular weight is 410 g/mol. The van der Waals surface area contributed by atoms with E-state index in [1.165, 1.54) is 16.8 Å². The molecular weight excluding hydrogens is 391 g/mol. The molecule has 8 nitrogen and oxygen atoms in total. The van der Waals surface area contributed by atoms with Crippen LogP contribution in [0.5, 0.6) is 0 Å². The van der Waals surface area contributed by atoms with Gasteiger partial charge in [0.15, 0.2) is 5.65 Å². The third kappa shape index (κ3) is 3.61. The minimum atomic E-state index is -0.676. The van der Waals surface area contributed by atoms with Crippen LogP contribution in [0.15, 0.2) is 47.3 Å². The Kier molecular flexibility index (Phi) is 4.94. The maximum atomic E-state index is 14.0. The van der Waals surface area contributed by atoms with Crippen LogP contribution in [0.3, 0.4) is 0 Å². The second kappa shape index (κ2) is 7.58. The van der Waals surface area contributed by atoms with Crippen molar-refractivity contribution in [1.29, 1.82) is 0 Å². The van der Waals surface area contributed by atoms with Crippen LogP contribution < -0.4 is 5.32 Å². The van der Waals surface area contributed by atoms with Crippen molar-refractivity contribution in [2.75, 3.05) is 0 Å². The van der Waals surface area contributed by atoms with Crippen molar-refractivity contribution >= 4 is 28.5 Å². The van der Waals surface area contributed by atoms with E-state index in [1.807, 2.05) is 0 Å². The molecular formula is C21H19FN4O4. The van der Waals surface area contributed by atoms with E-state index >= 15 is 0 Å². The Morgan fingerprint density at radius 2 is 2.00 bits per heavy atom. The Bertz CT molecular complexity index is 1260. The van der Waals surface area contributed by atoms with Crippen molar-refractivity contribution in [3.8, 4) is 0 Å². The molecule has 0 radical (unpaired) electrons. The van der Waals surface area contributed by atoms with Crippen LogP contribution in [0.25, 0.3) is 16.6 Å². The van der Waals surface area contributed by atoms with Gasteiger partial charge in [0.05, 0.1) is 18.3 Å². The summed E-state index contributed by atoms with van der Waals surface area (Å²) in [6, 6.07) is 5.08. The van der Waals surface area contributed by atoms with E-state index in [0.29, 0.717) is 22.4 Å². The Morgan fingerprint density at radius 3 is 2.77 bits per heavy atom. The lowest BCUT2D eigenvalue weighted by molar-refractivity contribution is 0.0378. The molecule has 3 aromatic heterocycles. The highest BCUT2D eigenvalue weighted by Gasteiger charge is 2.22. The van der Waals surface area contributed by atoms with Crippen LogP contribution in [0, 0.1) is 5.82 Å². The van der Waals surface area contributed by atoms with Crippen LogP contribution in [-0.4, -0.2) is 32.6 Å². The van der Waals surface area contributed by atoms with E-state index in [-0.39, 0.29) is 23.2 Å². The predicted molar refractivity (Wildman–Crippen MR) is 106 cm³/mol. The van der Waals surface area contributed by atoms with Gasteiger partial charge < -0.3 is 14.5 Å². The van der Waals surface area contributed by atoms with E-state index in [1.54, 1.807) is 45.3 Å². The molecule has 9 heteroatoms. The molecule has 3 heterocycles. The van der Waals surface area contributed by atoms with Gasteiger partial charge in [-0.05, 0) is 45.0 Å². The Morgan fingerprint density at radius 1 is 1.20 bits per heavy atom. The smallest absolute Gasteiger partial charge is 0.342 e. The van der Waals surface area contributed by atoms with Crippen molar-refractivity contribution in [1.82, 2.24) is 19.9 Å². The highest BCUT2D eigenvalue weighted by atomic mass is 19.1. The largest absolute Gasteiger partial charge is 0.459 e. The Balaban J connectivity index is 1.62. The topological polar surface area (TPSA) is 98.7 Å². The zero-order valence-corrected chi connectivity index (χ0v) is 16.5. The van der Waals surface area contributed by atoms with Crippen LogP contribution >= 0.6 is 0 Å². The van der Waals surface area contributed by atoms with Crippen LogP contribution in [-0.2, 0) is 4.74 Å². The van der Waals surface area contributed by atoms with Gasteiger partial charge in [-0.25, -0.2) is 18.7 Å². The van der Waals surface area contributed by atoms with Crippen molar-refractivity contribution in [3.63, 3.8) is 0 Å². The molecule has 4 aromatic rings. The standard InChI is InChI=1S/C21H19FN4O4/c1-11(2)29-21(28)15-9-14(22)7-13-8-17(30-18(13)15)12(3)25-20(27)16-10-24-26-6-4-5-23-19(16)26/h4-12H,1-3H3,(H,25,27). The molecule has 0 aliphatic rings. The summed E-state index contributed by atoms with van der Waals surface area (Å²) < 4.78 is 26.5. The minimum Gasteiger partial charge on any atom is -0.459 e. The molecule has 1 N–H and O–H groups in total. The zero-order chi connectivity index (χ0) is 21.4. The van der Waals surface area contributed by atoms with E-state index < -0.39 is 17.8 Å². The first-order valence-corrected chi connectivity index (χ1v) is 9.36. The number of furan rings is 1. The van der Waals surface area contributed by atoms with Gasteiger partial charge in [0.25, 0.3) is 5.91 Å². The number of amides is 1. The lowest BCUT2D eigenvalue weighted by atomic mass is 10.1. The number of aromatic nitrogens is 3. The number of rotatable bonds is 5. The number of carbonyl (C=O) groups is 2. The quantitative estimate of drug-likeness (QED) is 0.504. The van der Waals surface area contributed by atoms with E-state index in [4.69, 9.17) is 9.15 Å². The number of halogens is 1. The first kappa shape index (κ1) is 19.6. The third-order valence-electron chi connectivity index (χ3n) is 4.46. The molecule has 0 bridgehead atoms. The minimum absolute atomic E-state index is 0.00435. The monoisotopic (exact) mass is 410 g/mol. The molecule has 1 aromatic carbocycles. The van der Waals surface area contributed by atoms with Crippen molar-refractivity contribution in [2.24, 2.45) is 0 Å². The molecule has 154 valence electrons. The molecule has 1 atom stereocenters.